The van der Waals surface area contributed by atoms with E-state index in [4.69, 9.17) is 4.42 Å². The van der Waals surface area contributed by atoms with Gasteiger partial charge in [-0.1, -0.05) is 36.4 Å². The Balaban J connectivity index is 0.000000555. The van der Waals surface area contributed by atoms with Crippen molar-refractivity contribution in [3.63, 3.8) is 0 Å². The first kappa shape index (κ1) is 23.7. The monoisotopic (exact) mass is 458 g/mol. The summed E-state index contributed by atoms with van der Waals surface area (Å²) in [5.41, 5.74) is 4.84. The van der Waals surface area contributed by atoms with Gasteiger partial charge < -0.3 is 21.7 Å². The van der Waals surface area contributed by atoms with Crippen molar-refractivity contribution in [2.45, 2.75) is 13.8 Å². The number of aryl methyl sites for hydroxylation is 2. The van der Waals surface area contributed by atoms with E-state index in [2.05, 4.69) is 11.1 Å². The highest BCUT2D eigenvalue weighted by Gasteiger charge is 2.20. The van der Waals surface area contributed by atoms with Gasteiger partial charge in [0, 0.05) is 29.8 Å². The van der Waals surface area contributed by atoms with Crippen LogP contribution >= 0.6 is 0 Å². The number of nitrogens with one attached hydrogen (secondary N) is 1. The molecule has 0 bridgehead atoms. The van der Waals surface area contributed by atoms with E-state index in [1.165, 1.54) is 12.1 Å². The molecule has 4 aromatic rings. The number of hydrogen-bond acceptors (Lipinski definition) is 3. The van der Waals surface area contributed by atoms with E-state index in [0.29, 0.717) is 0 Å². The number of benzene rings is 3. The smallest absolute Gasteiger partial charge is 0.456 e. The SMILES string of the molecule is Cc1cc(C)c2c(=[NH+]c3ccc([N+](=O)[O-])cc3)cc(-c3ccccc3)oc2c1.F[B-](F)(F)F. The quantitative estimate of drug-likeness (QED) is 0.198. The van der Waals surface area contributed by atoms with Crippen LogP contribution in [0.15, 0.2) is 77.2 Å². The second-order valence-corrected chi connectivity index (χ2v) is 7.27. The molecule has 0 saturated carbocycles. The van der Waals surface area contributed by atoms with Crippen LogP contribution in [0.1, 0.15) is 11.1 Å². The van der Waals surface area contributed by atoms with Crippen molar-refractivity contribution >= 4 is 29.6 Å². The molecule has 0 amide bonds. The van der Waals surface area contributed by atoms with E-state index < -0.39 is 12.2 Å². The molecule has 0 aliphatic heterocycles. The van der Waals surface area contributed by atoms with Gasteiger partial charge >= 0.3 is 7.25 Å². The van der Waals surface area contributed by atoms with E-state index in [1.54, 1.807) is 12.1 Å². The minimum absolute atomic E-state index is 0.0650. The number of nitro groups is 1. The molecule has 0 radical (unpaired) electrons. The third-order valence-corrected chi connectivity index (χ3v) is 4.62. The van der Waals surface area contributed by atoms with Crippen molar-refractivity contribution in [2.75, 3.05) is 0 Å². The lowest BCUT2D eigenvalue weighted by molar-refractivity contribution is -0.402. The number of nitro benzene ring substituents is 1. The zero-order chi connectivity index (χ0) is 24.2. The molecule has 3 aromatic carbocycles. The summed E-state index contributed by atoms with van der Waals surface area (Å²) in [4.78, 5) is 13.9. The average Bonchev–Trinajstić information content (AvgIpc) is 2.73. The molecular formula is C23H19BF4N2O3. The highest BCUT2D eigenvalue weighted by Crippen LogP contribution is 2.24. The summed E-state index contributed by atoms with van der Waals surface area (Å²) in [7, 11) is -6.00. The Bertz CT molecular complexity index is 1350. The normalized spacial score (nSPS) is 11.8. The number of nitrogens with zero attached hydrogens (tertiary/aromatic N) is 1. The lowest BCUT2D eigenvalue weighted by Crippen LogP contribution is -2.70. The first-order chi connectivity index (χ1) is 15.5. The second-order valence-electron chi connectivity index (χ2n) is 7.27. The third kappa shape index (κ3) is 6.52. The Kier molecular flexibility index (Phi) is 6.96. The standard InChI is InChI=1S/C23H18N2O3.BF4/c1-15-12-16(2)23-20(24-18-8-10-19(11-9-18)25(26)27)14-21(28-22(23)13-15)17-6-4-3-5-7-17;2-1(3,4)5/h3-14H,1-2H3;/q;-1/p+1. The summed E-state index contributed by atoms with van der Waals surface area (Å²) in [5.74, 6) is 0.752. The average molecular weight is 458 g/mol. The first-order valence-corrected chi connectivity index (χ1v) is 9.83. The van der Waals surface area contributed by atoms with Gasteiger partial charge in [0.2, 0.25) is 11.0 Å². The molecule has 0 saturated heterocycles. The van der Waals surface area contributed by atoms with Crippen molar-refractivity contribution in [1.82, 2.24) is 0 Å². The van der Waals surface area contributed by atoms with Crippen molar-refractivity contribution < 1.29 is 31.6 Å². The fourth-order valence-electron chi connectivity index (χ4n) is 3.37. The van der Waals surface area contributed by atoms with Crippen molar-refractivity contribution in [1.29, 1.82) is 0 Å². The van der Waals surface area contributed by atoms with Gasteiger partial charge in [-0.2, -0.15) is 0 Å². The number of non-ortho nitro benzene ring substituents is 1. The molecule has 33 heavy (non-hydrogen) atoms. The minimum atomic E-state index is -6.00. The van der Waals surface area contributed by atoms with Crippen molar-refractivity contribution in [3.05, 3.63) is 99.4 Å². The fraction of sp³-hybridized carbons (Fsp3) is 0.0870. The van der Waals surface area contributed by atoms with Gasteiger partial charge in [-0.25, -0.2) is 4.99 Å². The lowest BCUT2D eigenvalue weighted by atomic mass is 10.0. The van der Waals surface area contributed by atoms with Gasteiger partial charge in [0.1, 0.15) is 11.3 Å². The van der Waals surface area contributed by atoms with Crippen LogP contribution < -0.4 is 10.3 Å². The molecule has 10 heteroatoms. The molecule has 0 aliphatic rings. The van der Waals surface area contributed by atoms with E-state index >= 15 is 0 Å². The molecule has 1 heterocycles. The molecule has 5 nitrogen and oxygen atoms in total. The van der Waals surface area contributed by atoms with Crippen LogP contribution in [-0.4, -0.2) is 12.2 Å². The van der Waals surface area contributed by atoms with Crippen molar-refractivity contribution in [2.24, 2.45) is 0 Å². The van der Waals surface area contributed by atoms with Gasteiger partial charge in [0.25, 0.3) is 5.69 Å². The molecular weight excluding hydrogens is 439 g/mol. The number of fused-ring (bicyclic) bond motifs is 1. The highest BCUT2D eigenvalue weighted by atomic mass is 19.5. The molecule has 170 valence electrons. The Morgan fingerprint density at radius 3 is 2.09 bits per heavy atom. The van der Waals surface area contributed by atoms with E-state index in [-0.39, 0.29) is 5.69 Å². The molecule has 0 unspecified atom stereocenters. The van der Waals surface area contributed by atoms with Gasteiger partial charge in [0.05, 0.1) is 16.4 Å². The molecule has 1 aromatic heterocycles. The summed E-state index contributed by atoms with van der Waals surface area (Å²) in [6.07, 6.45) is 0. The second kappa shape index (κ2) is 9.68. The minimum Gasteiger partial charge on any atom is -0.456 e. The molecule has 0 fully saturated rings. The van der Waals surface area contributed by atoms with Gasteiger partial charge in [-0.05, 0) is 31.0 Å². The molecule has 0 atom stereocenters. The van der Waals surface area contributed by atoms with Crippen LogP contribution in [0.2, 0.25) is 0 Å². The largest absolute Gasteiger partial charge is 0.673 e. The van der Waals surface area contributed by atoms with E-state index in [0.717, 1.165) is 44.5 Å². The van der Waals surface area contributed by atoms with Gasteiger partial charge in [-0.15, -0.1) is 0 Å². The fourth-order valence-corrected chi connectivity index (χ4v) is 3.37. The Labute approximate surface area is 186 Å². The molecule has 1 N–H and O–H groups in total. The maximum absolute atomic E-state index is 10.9. The zero-order valence-corrected chi connectivity index (χ0v) is 17.7. The number of hydrogen-bond donors (Lipinski definition) is 1. The van der Waals surface area contributed by atoms with E-state index in [1.807, 2.05) is 56.3 Å². The highest BCUT2D eigenvalue weighted by molar-refractivity contribution is 6.50. The van der Waals surface area contributed by atoms with Crippen LogP contribution in [0.3, 0.4) is 0 Å². The number of rotatable bonds is 3. The van der Waals surface area contributed by atoms with E-state index in [9.17, 15) is 27.4 Å². The Morgan fingerprint density at radius 1 is 0.909 bits per heavy atom. The first-order valence-electron chi connectivity index (χ1n) is 9.83. The Hall–Kier alpha value is -3.95. The van der Waals surface area contributed by atoms with Crippen LogP contribution in [0.25, 0.3) is 22.3 Å². The summed E-state index contributed by atoms with van der Waals surface area (Å²) in [6.45, 7) is 4.09. The number of halogens is 4. The molecule has 0 spiro atoms. The zero-order valence-electron chi connectivity index (χ0n) is 17.7. The maximum Gasteiger partial charge on any atom is 0.673 e. The molecule has 4 rings (SSSR count). The topological polar surface area (TPSA) is 70.2 Å². The summed E-state index contributed by atoms with van der Waals surface area (Å²) in [5, 5.41) is 12.8. The third-order valence-electron chi connectivity index (χ3n) is 4.62. The van der Waals surface area contributed by atoms with Crippen LogP contribution in [0.5, 0.6) is 0 Å². The molecule has 0 aliphatic carbocycles. The summed E-state index contributed by atoms with van der Waals surface area (Å²) in [6, 6.07) is 22.4. The van der Waals surface area contributed by atoms with Crippen molar-refractivity contribution in [3.8, 4) is 11.3 Å². The predicted octanol–water partition coefficient (Wildman–Crippen LogP) is 5.24. The van der Waals surface area contributed by atoms with Crippen LogP contribution in [-0.2, 0) is 0 Å². The summed E-state index contributed by atoms with van der Waals surface area (Å²) < 4.78 is 45.2. The van der Waals surface area contributed by atoms with Gasteiger partial charge in [0.15, 0.2) is 0 Å². The Morgan fingerprint density at radius 2 is 1.52 bits per heavy atom. The van der Waals surface area contributed by atoms with Crippen LogP contribution in [0, 0.1) is 24.0 Å². The predicted molar refractivity (Wildman–Crippen MR) is 118 cm³/mol. The van der Waals surface area contributed by atoms with Crippen LogP contribution in [0.4, 0.5) is 28.6 Å². The maximum atomic E-state index is 10.9. The summed E-state index contributed by atoms with van der Waals surface area (Å²) >= 11 is 0. The lowest BCUT2D eigenvalue weighted by Gasteiger charge is -2.06. The van der Waals surface area contributed by atoms with Gasteiger partial charge in [-0.3, -0.25) is 10.1 Å².